The van der Waals surface area contributed by atoms with E-state index in [4.69, 9.17) is 9.97 Å². The normalized spacial score (nSPS) is 25.0. The van der Waals surface area contributed by atoms with Crippen LogP contribution in [0.1, 0.15) is 38.2 Å². The van der Waals surface area contributed by atoms with Crippen LogP contribution < -0.4 is 5.32 Å². The van der Waals surface area contributed by atoms with Gasteiger partial charge in [0.05, 0.1) is 11.0 Å². The molecular formula is C26H26F2N4. The van der Waals surface area contributed by atoms with Crippen LogP contribution in [0.3, 0.4) is 0 Å². The number of H-pyrrole nitrogens is 1. The fourth-order valence-corrected chi connectivity index (χ4v) is 5.97. The molecule has 2 bridgehead atoms. The van der Waals surface area contributed by atoms with Crippen molar-refractivity contribution in [3.05, 3.63) is 53.7 Å². The molecule has 164 valence electrons. The summed E-state index contributed by atoms with van der Waals surface area (Å²) >= 11 is 0. The third-order valence-electron chi connectivity index (χ3n) is 7.74. The quantitative estimate of drug-likeness (QED) is 0.383. The molecule has 7 rings (SSSR count). The van der Waals surface area contributed by atoms with Gasteiger partial charge in [0.25, 0.3) is 0 Å². The number of rotatable bonds is 3. The summed E-state index contributed by atoms with van der Waals surface area (Å²) in [5.41, 5.74) is 2.80. The van der Waals surface area contributed by atoms with Gasteiger partial charge in [-0.15, -0.1) is 0 Å². The first-order chi connectivity index (χ1) is 15.5. The standard InChI is InChI=1S/C26H26F2N4/c1-13-3-8-18-22(9-13)30-26(20-12-29-24-19(20)10-17(27)11-21(24)28)32-25(18)31-23-14(2)15-4-6-16(23)7-5-15/h3,8-12,14-16,23,29H,4-7H2,1-2H3,(H,30,31,32)/t14-,15?,16?,23+/m1/s1. The van der Waals surface area contributed by atoms with Crippen molar-refractivity contribution in [2.45, 2.75) is 45.6 Å². The Hall–Kier alpha value is -3.02. The molecule has 4 aromatic rings. The lowest BCUT2D eigenvalue weighted by molar-refractivity contribution is 0.0929. The molecule has 4 nitrogen and oxygen atoms in total. The molecule has 3 aliphatic carbocycles. The van der Waals surface area contributed by atoms with E-state index in [9.17, 15) is 8.78 Å². The van der Waals surface area contributed by atoms with Crippen LogP contribution in [0.5, 0.6) is 0 Å². The van der Waals surface area contributed by atoms with E-state index in [-0.39, 0.29) is 5.52 Å². The Kier molecular flexibility index (Phi) is 4.46. The second kappa shape index (κ2) is 7.26. The van der Waals surface area contributed by atoms with Gasteiger partial charge < -0.3 is 10.3 Å². The molecule has 0 saturated heterocycles. The number of aromatic nitrogens is 3. The van der Waals surface area contributed by atoms with Crippen molar-refractivity contribution in [2.75, 3.05) is 5.32 Å². The van der Waals surface area contributed by atoms with Gasteiger partial charge in [-0.2, -0.15) is 0 Å². The predicted octanol–water partition coefficient (Wildman–Crippen LogP) is 6.60. The van der Waals surface area contributed by atoms with E-state index in [1.54, 1.807) is 6.20 Å². The maximum Gasteiger partial charge on any atom is 0.164 e. The number of benzene rings is 2. The first kappa shape index (κ1) is 19.6. The Bertz CT molecular complexity index is 1330. The highest BCUT2D eigenvalue weighted by molar-refractivity contribution is 5.97. The monoisotopic (exact) mass is 432 g/mol. The third kappa shape index (κ3) is 3.07. The van der Waals surface area contributed by atoms with E-state index in [0.717, 1.165) is 34.3 Å². The summed E-state index contributed by atoms with van der Waals surface area (Å²) in [4.78, 5) is 12.6. The van der Waals surface area contributed by atoms with Crippen LogP contribution in [0.4, 0.5) is 14.6 Å². The molecule has 3 fully saturated rings. The minimum Gasteiger partial charge on any atom is -0.366 e. The zero-order valence-corrected chi connectivity index (χ0v) is 18.3. The van der Waals surface area contributed by atoms with Crippen molar-refractivity contribution in [2.24, 2.45) is 17.8 Å². The number of halogens is 2. The summed E-state index contributed by atoms with van der Waals surface area (Å²) in [5.74, 6) is 2.07. The number of fused-ring (bicyclic) bond motifs is 5. The molecule has 2 aromatic carbocycles. The van der Waals surface area contributed by atoms with E-state index in [1.165, 1.54) is 31.7 Å². The Morgan fingerprint density at radius 3 is 2.53 bits per heavy atom. The fourth-order valence-electron chi connectivity index (χ4n) is 5.97. The highest BCUT2D eigenvalue weighted by atomic mass is 19.1. The first-order valence-corrected chi connectivity index (χ1v) is 11.5. The van der Waals surface area contributed by atoms with Gasteiger partial charge in [-0.1, -0.05) is 13.0 Å². The molecule has 2 N–H and O–H groups in total. The molecule has 0 unspecified atom stereocenters. The number of hydrogen-bond donors (Lipinski definition) is 2. The van der Waals surface area contributed by atoms with E-state index < -0.39 is 11.6 Å². The average molecular weight is 433 g/mol. The maximum atomic E-state index is 14.3. The summed E-state index contributed by atoms with van der Waals surface area (Å²) < 4.78 is 28.3. The lowest BCUT2D eigenvalue weighted by Crippen LogP contribution is -2.47. The van der Waals surface area contributed by atoms with Crippen molar-refractivity contribution >= 4 is 27.6 Å². The summed E-state index contributed by atoms with van der Waals surface area (Å²) in [5, 5.41) is 5.21. The zero-order valence-electron chi connectivity index (χ0n) is 18.3. The Labute approximate surface area is 185 Å². The van der Waals surface area contributed by atoms with Crippen LogP contribution in [-0.2, 0) is 0 Å². The molecule has 2 heterocycles. The molecule has 0 radical (unpaired) electrons. The van der Waals surface area contributed by atoms with Gasteiger partial charge in [0.1, 0.15) is 17.5 Å². The van der Waals surface area contributed by atoms with Crippen LogP contribution in [0.2, 0.25) is 0 Å². The first-order valence-electron chi connectivity index (χ1n) is 11.5. The van der Waals surface area contributed by atoms with Gasteiger partial charge in [-0.3, -0.25) is 0 Å². The minimum atomic E-state index is -0.617. The molecule has 3 aliphatic rings. The van der Waals surface area contributed by atoms with Crippen molar-refractivity contribution in [3.63, 3.8) is 0 Å². The van der Waals surface area contributed by atoms with Gasteiger partial charge in [0, 0.05) is 34.6 Å². The topological polar surface area (TPSA) is 53.6 Å². The molecule has 3 saturated carbocycles. The van der Waals surface area contributed by atoms with Crippen molar-refractivity contribution < 1.29 is 8.78 Å². The maximum absolute atomic E-state index is 14.3. The van der Waals surface area contributed by atoms with Crippen LogP contribution in [0.25, 0.3) is 33.2 Å². The largest absolute Gasteiger partial charge is 0.366 e. The van der Waals surface area contributed by atoms with Crippen LogP contribution in [-0.4, -0.2) is 21.0 Å². The molecule has 6 heteroatoms. The molecule has 2 atom stereocenters. The van der Waals surface area contributed by atoms with Gasteiger partial charge >= 0.3 is 0 Å². The van der Waals surface area contributed by atoms with E-state index in [2.05, 4.69) is 29.4 Å². The molecule has 32 heavy (non-hydrogen) atoms. The van der Waals surface area contributed by atoms with E-state index >= 15 is 0 Å². The summed E-state index contributed by atoms with van der Waals surface area (Å²) in [6.07, 6.45) is 6.85. The Morgan fingerprint density at radius 1 is 0.969 bits per heavy atom. The lowest BCUT2D eigenvalue weighted by Gasteiger charge is -2.47. The number of aryl methyl sites for hydroxylation is 1. The zero-order chi connectivity index (χ0) is 22.0. The van der Waals surface area contributed by atoms with E-state index in [1.807, 2.05) is 13.0 Å². The van der Waals surface area contributed by atoms with Gasteiger partial charge in [-0.25, -0.2) is 18.7 Å². The summed E-state index contributed by atoms with van der Waals surface area (Å²) in [7, 11) is 0. The molecular weight excluding hydrogens is 406 g/mol. The number of hydrogen-bond acceptors (Lipinski definition) is 3. The summed E-state index contributed by atoms with van der Waals surface area (Å²) in [6, 6.07) is 8.79. The number of anilines is 1. The number of nitrogens with one attached hydrogen (secondary N) is 2. The predicted molar refractivity (Wildman–Crippen MR) is 124 cm³/mol. The SMILES string of the molecule is Cc1ccc2c(N[C@@H]3C4CCC(CC4)[C@H]3C)nc(-c3c[nH]c4c(F)cc(F)cc34)nc2c1. The van der Waals surface area contributed by atoms with Gasteiger partial charge in [0.15, 0.2) is 5.82 Å². The summed E-state index contributed by atoms with van der Waals surface area (Å²) in [6.45, 7) is 4.39. The Morgan fingerprint density at radius 2 is 1.75 bits per heavy atom. The van der Waals surface area contributed by atoms with Crippen molar-refractivity contribution in [1.82, 2.24) is 15.0 Å². The van der Waals surface area contributed by atoms with E-state index in [0.29, 0.717) is 34.7 Å². The van der Waals surface area contributed by atoms with Crippen LogP contribution in [0.15, 0.2) is 36.5 Å². The van der Waals surface area contributed by atoms with Crippen LogP contribution >= 0.6 is 0 Å². The van der Waals surface area contributed by atoms with Crippen LogP contribution in [0, 0.1) is 36.3 Å². The average Bonchev–Trinajstić information content (AvgIpc) is 3.20. The lowest BCUT2D eigenvalue weighted by atomic mass is 9.62. The van der Waals surface area contributed by atoms with Crippen molar-refractivity contribution in [1.29, 1.82) is 0 Å². The highest BCUT2D eigenvalue weighted by Gasteiger charge is 2.41. The smallest absolute Gasteiger partial charge is 0.164 e. The number of aromatic amines is 1. The minimum absolute atomic E-state index is 0.266. The molecule has 0 aliphatic heterocycles. The molecule has 2 aromatic heterocycles. The Balaban J connectivity index is 1.51. The highest BCUT2D eigenvalue weighted by Crippen LogP contribution is 2.46. The molecule has 0 spiro atoms. The van der Waals surface area contributed by atoms with Crippen molar-refractivity contribution in [3.8, 4) is 11.4 Å². The second-order valence-corrected chi connectivity index (χ2v) is 9.63. The third-order valence-corrected chi connectivity index (χ3v) is 7.74. The molecule has 0 amide bonds. The fraction of sp³-hybridized carbons (Fsp3) is 0.385. The second-order valence-electron chi connectivity index (χ2n) is 9.63. The van der Waals surface area contributed by atoms with Gasteiger partial charge in [0.2, 0.25) is 0 Å². The van der Waals surface area contributed by atoms with Gasteiger partial charge in [-0.05, 0) is 74.1 Å². The number of nitrogens with zero attached hydrogens (tertiary/aromatic N) is 2.